The summed E-state index contributed by atoms with van der Waals surface area (Å²) < 4.78 is 2.07. The lowest BCUT2D eigenvalue weighted by atomic mass is 10.1. The van der Waals surface area contributed by atoms with Crippen LogP contribution in [-0.2, 0) is 19.6 Å². The van der Waals surface area contributed by atoms with Crippen molar-refractivity contribution in [3.05, 3.63) is 40.0 Å². The first-order valence-electron chi connectivity index (χ1n) is 7.43. The number of nitrogens with zero attached hydrogens (tertiary/aromatic N) is 5. The Morgan fingerprint density at radius 1 is 1.05 bits per heavy atom. The van der Waals surface area contributed by atoms with E-state index >= 15 is 0 Å². The molecule has 0 aliphatic rings. The standard InChI is InChI=1S/C16H25N5/c1-7-21-14(5)16(13(4)19-21)10-20(6)9-15-8-11(2)17-18-12(15)3/h8H,7,9-10H2,1-6H3. The maximum absolute atomic E-state index is 4.59. The molecule has 0 unspecified atom stereocenters. The monoisotopic (exact) mass is 287 g/mol. The van der Waals surface area contributed by atoms with Gasteiger partial charge in [-0.15, -0.1) is 0 Å². The first kappa shape index (κ1) is 15.6. The number of hydrogen-bond donors (Lipinski definition) is 0. The average Bonchev–Trinajstić information content (AvgIpc) is 2.70. The van der Waals surface area contributed by atoms with Gasteiger partial charge in [-0.2, -0.15) is 15.3 Å². The van der Waals surface area contributed by atoms with E-state index in [-0.39, 0.29) is 0 Å². The third-order valence-electron chi connectivity index (χ3n) is 3.90. The van der Waals surface area contributed by atoms with E-state index in [1.165, 1.54) is 16.8 Å². The molecule has 2 heterocycles. The molecule has 5 heteroatoms. The highest BCUT2D eigenvalue weighted by Gasteiger charge is 2.13. The summed E-state index contributed by atoms with van der Waals surface area (Å²) in [6.07, 6.45) is 0. The maximum atomic E-state index is 4.59. The minimum Gasteiger partial charge on any atom is -0.298 e. The minimum atomic E-state index is 0.873. The van der Waals surface area contributed by atoms with E-state index in [1.807, 2.05) is 13.8 Å². The molecule has 0 radical (unpaired) electrons. The molecule has 2 aromatic heterocycles. The third-order valence-corrected chi connectivity index (χ3v) is 3.90. The Morgan fingerprint density at radius 2 is 1.76 bits per heavy atom. The lowest BCUT2D eigenvalue weighted by Gasteiger charge is -2.18. The van der Waals surface area contributed by atoms with E-state index in [2.05, 4.69) is 58.8 Å². The summed E-state index contributed by atoms with van der Waals surface area (Å²) in [7, 11) is 2.14. The van der Waals surface area contributed by atoms with Crippen molar-refractivity contribution in [2.75, 3.05) is 7.05 Å². The van der Waals surface area contributed by atoms with Gasteiger partial charge in [0.15, 0.2) is 0 Å². The van der Waals surface area contributed by atoms with Crippen LogP contribution in [0.4, 0.5) is 0 Å². The fourth-order valence-corrected chi connectivity index (χ4v) is 2.65. The van der Waals surface area contributed by atoms with Gasteiger partial charge >= 0.3 is 0 Å². The van der Waals surface area contributed by atoms with Crippen LogP contribution in [0.5, 0.6) is 0 Å². The number of rotatable bonds is 5. The molecule has 0 aliphatic carbocycles. The molecule has 21 heavy (non-hydrogen) atoms. The molecule has 2 rings (SSSR count). The highest BCUT2D eigenvalue weighted by atomic mass is 15.3. The Hall–Kier alpha value is -1.75. The molecule has 5 nitrogen and oxygen atoms in total. The second kappa shape index (κ2) is 6.35. The van der Waals surface area contributed by atoms with Crippen LogP contribution >= 0.6 is 0 Å². The van der Waals surface area contributed by atoms with E-state index in [0.29, 0.717) is 0 Å². The van der Waals surface area contributed by atoms with Crippen molar-refractivity contribution in [1.82, 2.24) is 24.9 Å². The van der Waals surface area contributed by atoms with Crippen LogP contribution in [0.15, 0.2) is 6.07 Å². The largest absolute Gasteiger partial charge is 0.298 e. The van der Waals surface area contributed by atoms with Crippen molar-refractivity contribution >= 4 is 0 Å². The van der Waals surface area contributed by atoms with Crippen LogP contribution in [0.2, 0.25) is 0 Å². The normalized spacial score (nSPS) is 11.4. The van der Waals surface area contributed by atoms with Crippen molar-refractivity contribution < 1.29 is 0 Å². The molecule has 114 valence electrons. The number of hydrogen-bond acceptors (Lipinski definition) is 4. The van der Waals surface area contributed by atoms with E-state index in [0.717, 1.165) is 36.7 Å². The van der Waals surface area contributed by atoms with Gasteiger partial charge in [-0.25, -0.2) is 0 Å². The molecule has 0 spiro atoms. The predicted octanol–water partition coefficient (Wildman–Crippen LogP) is 2.56. The topological polar surface area (TPSA) is 46.8 Å². The fourth-order valence-electron chi connectivity index (χ4n) is 2.65. The quantitative estimate of drug-likeness (QED) is 0.848. The van der Waals surface area contributed by atoms with Crippen LogP contribution < -0.4 is 0 Å². The van der Waals surface area contributed by atoms with Gasteiger partial charge in [0.2, 0.25) is 0 Å². The highest BCUT2D eigenvalue weighted by Crippen LogP contribution is 2.17. The van der Waals surface area contributed by atoms with Gasteiger partial charge < -0.3 is 0 Å². The Labute approximate surface area is 127 Å². The van der Waals surface area contributed by atoms with Crippen LogP contribution in [0, 0.1) is 27.7 Å². The van der Waals surface area contributed by atoms with E-state index in [4.69, 9.17) is 0 Å². The van der Waals surface area contributed by atoms with Gasteiger partial charge in [0.05, 0.1) is 17.1 Å². The number of aromatic nitrogens is 4. The molecule has 0 aliphatic heterocycles. The lowest BCUT2D eigenvalue weighted by Crippen LogP contribution is -2.19. The van der Waals surface area contributed by atoms with Crippen LogP contribution in [-0.4, -0.2) is 31.9 Å². The van der Waals surface area contributed by atoms with Crippen molar-refractivity contribution in [2.24, 2.45) is 0 Å². The van der Waals surface area contributed by atoms with Crippen molar-refractivity contribution in [1.29, 1.82) is 0 Å². The number of aryl methyl sites for hydroxylation is 4. The molecule has 0 bridgehead atoms. The SMILES string of the molecule is CCn1nc(C)c(CN(C)Cc2cc(C)nnc2C)c1C. The van der Waals surface area contributed by atoms with E-state index in [1.54, 1.807) is 0 Å². The summed E-state index contributed by atoms with van der Waals surface area (Å²) >= 11 is 0. The van der Waals surface area contributed by atoms with E-state index in [9.17, 15) is 0 Å². The molecular formula is C16H25N5. The van der Waals surface area contributed by atoms with Crippen molar-refractivity contribution in [2.45, 2.75) is 54.3 Å². The molecule has 0 saturated carbocycles. The Kier molecular flexibility index (Phi) is 4.73. The first-order valence-corrected chi connectivity index (χ1v) is 7.43. The Bertz CT molecular complexity index is 630. The minimum absolute atomic E-state index is 0.873. The van der Waals surface area contributed by atoms with Gasteiger partial charge in [0, 0.05) is 30.9 Å². The molecule has 0 saturated heterocycles. The van der Waals surface area contributed by atoms with Crippen molar-refractivity contribution in [3.63, 3.8) is 0 Å². The van der Waals surface area contributed by atoms with Gasteiger partial charge in [-0.05, 0) is 53.3 Å². The first-order chi connectivity index (χ1) is 9.92. The molecule has 2 aromatic rings. The maximum Gasteiger partial charge on any atom is 0.0645 e. The van der Waals surface area contributed by atoms with Gasteiger partial charge in [-0.1, -0.05) is 0 Å². The zero-order valence-corrected chi connectivity index (χ0v) is 13.9. The summed E-state index contributed by atoms with van der Waals surface area (Å²) in [6.45, 7) is 13.1. The Morgan fingerprint density at radius 3 is 2.38 bits per heavy atom. The Balaban J connectivity index is 2.13. The van der Waals surface area contributed by atoms with Crippen LogP contribution in [0.25, 0.3) is 0 Å². The summed E-state index contributed by atoms with van der Waals surface area (Å²) in [6, 6.07) is 2.12. The second-order valence-electron chi connectivity index (χ2n) is 5.73. The zero-order valence-electron chi connectivity index (χ0n) is 13.9. The average molecular weight is 287 g/mol. The van der Waals surface area contributed by atoms with Crippen LogP contribution in [0.3, 0.4) is 0 Å². The molecular weight excluding hydrogens is 262 g/mol. The molecule has 0 atom stereocenters. The smallest absolute Gasteiger partial charge is 0.0645 e. The van der Waals surface area contributed by atoms with Crippen LogP contribution in [0.1, 0.15) is 40.8 Å². The third kappa shape index (κ3) is 3.47. The molecule has 0 amide bonds. The molecule has 0 aromatic carbocycles. The second-order valence-corrected chi connectivity index (χ2v) is 5.73. The summed E-state index contributed by atoms with van der Waals surface area (Å²) in [5, 5.41) is 12.9. The van der Waals surface area contributed by atoms with Gasteiger partial charge in [0.25, 0.3) is 0 Å². The molecule has 0 fully saturated rings. The summed E-state index contributed by atoms with van der Waals surface area (Å²) in [5.41, 5.74) is 6.93. The highest BCUT2D eigenvalue weighted by molar-refractivity contribution is 5.25. The lowest BCUT2D eigenvalue weighted by molar-refractivity contribution is 0.316. The van der Waals surface area contributed by atoms with Crippen molar-refractivity contribution in [3.8, 4) is 0 Å². The van der Waals surface area contributed by atoms with Gasteiger partial charge in [-0.3, -0.25) is 9.58 Å². The molecule has 0 N–H and O–H groups in total. The van der Waals surface area contributed by atoms with E-state index < -0.39 is 0 Å². The van der Waals surface area contributed by atoms with Gasteiger partial charge in [0.1, 0.15) is 0 Å². The predicted molar refractivity (Wildman–Crippen MR) is 84.1 cm³/mol. The summed E-state index contributed by atoms with van der Waals surface area (Å²) in [5.74, 6) is 0. The zero-order chi connectivity index (χ0) is 15.6. The fraction of sp³-hybridized carbons (Fsp3) is 0.562. The summed E-state index contributed by atoms with van der Waals surface area (Å²) in [4.78, 5) is 2.31.